The molecular formula is C17H16N2O2. The van der Waals surface area contributed by atoms with E-state index >= 15 is 0 Å². The number of carbonyl (C=O) groups is 1. The number of carbonyl (C=O) groups excluding carboxylic acids is 1. The maximum absolute atomic E-state index is 12.2. The van der Waals surface area contributed by atoms with Crippen LogP contribution in [0.3, 0.4) is 0 Å². The molecule has 0 fully saturated rings. The number of nitrogens with zero attached hydrogens (tertiary/aromatic N) is 1. The largest absolute Gasteiger partial charge is 0.396 e. The quantitative estimate of drug-likeness (QED) is 0.826. The van der Waals surface area contributed by atoms with Crippen molar-refractivity contribution in [3.63, 3.8) is 0 Å². The molecule has 4 nitrogen and oxygen atoms in total. The van der Waals surface area contributed by atoms with E-state index in [2.05, 4.69) is 11.4 Å². The average molecular weight is 280 g/mol. The second-order valence-corrected chi connectivity index (χ2v) is 4.54. The third kappa shape index (κ3) is 3.47. The van der Waals surface area contributed by atoms with Crippen LogP contribution in [0.4, 0.5) is 0 Å². The summed E-state index contributed by atoms with van der Waals surface area (Å²) in [5.41, 5.74) is 2.54. The van der Waals surface area contributed by atoms with Crippen LogP contribution in [0.15, 0.2) is 48.5 Å². The minimum absolute atomic E-state index is 0.0409. The second-order valence-electron chi connectivity index (χ2n) is 4.54. The normalized spacial score (nSPS) is 9.90. The Morgan fingerprint density at radius 1 is 1.10 bits per heavy atom. The molecule has 0 radical (unpaired) electrons. The summed E-state index contributed by atoms with van der Waals surface area (Å²) in [6, 6.07) is 16.5. The zero-order chi connectivity index (χ0) is 15.1. The molecule has 0 heterocycles. The van der Waals surface area contributed by atoms with E-state index < -0.39 is 0 Å². The van der Waals surface area contributed by atoms with Crippen molar-refractivity contribution in [1.82, 2.24) is 5.32 Å². The number of aliphatic hydroxyl groups excluding tert-OH is 1. The van der Waals surface area contributed by atoms with Gasteiger partial charge in [-0.25, -0.2) is 0 Å². The number of hydrogen-bond donors (Lipinski definition) is 2. The van der Waals surface area contributed by atoms with Crippen LogP contribution in [0.5, 0.6) is 0 Å². The zero-order valence-corrected chi connectivity index (χ0v) is 11.5. The van der Waals surface area contributed by atoms with Gasteiger partial charge in [-0.2, -0.15) is 5.26 Å². The van der Waals surface area contributed by atoms with Gasteiger partial charge in [-0.05, 0) is 24.1 Å². The van der Waals surface area contributed by atoms with E-state index in [0.29, 0.717) is 24.1 Å². The maximum Gasteiger partial charge on any atom is 0.251 e. The van der Waals surface area contributed by atoms with Crippen LogP contribution in [-0.4, -0.2) is 24.2 Å². The minimum Gasteiger partial charge on any atom is -0.396 e. The molecule has 21 heavy (non-hydrogen) atoms. The highest BCUT2D eigenvalue weighted by Gasteiger charge is 2.14. The molecule has 0 aromatic heterocycles. The summed E-state index contributed by atoms with van der Waals surface area (Å²) in [6.45, 7) is 0.461. The maximum atomic E-state index is 12.2. The molecule has 0 aliphatic carbocycles. The summed E-state index contributed by atoms with van der Waals surface area (Å²) < 4.78 is 0. The van der Waals surface area contributed by atoms with E-state index in [1.807, 2.05) is 24.3 Å². The Balaban J connectivity index is 2.37. The van der Waals surface area contributed by atoms with E-state index in [-0.39, 0.29) is 12.5 Å². The first-order valence-electron chi connectivity index (χ1n) is 6.75. The van der Waals surface area contributed by atoms with Crippen molar-refractivity contribution in [2.24, 2.45) is 0 Å². The van der Waals surface area contributed by atoms with Gasteiger partial charge >= 0.3 is 0 Å². The SMILES string of the molecule is N#Cc1ccccc1-c1ccccc1C(=O)NCCCO. The summed E-state index contributed by atoms with van der Waals surface area (Å²) in [5.74, 6) is -0.202. The van der Waals surface area contributed by atoms with Gasteiger partial charge in [0.1, 0.15) is 0 Å². The van der Waals surface area contributed by atoms with E-state index in [1.54, 1.807) is 24.3 Å². The molecule has 106 valence electrons. The van der Waals surface area contributed by atoms with Gasteiger partial charge < -0.3 is 10.4 Å². The average Bonchev–Trinajstić information content (AvgIpc) is 2.55. The lowest BCUT2D eigenvalue weighted by Crippen LogP contribution is -2.25. The molecule has 2 aromatic carbocycles. The summed E-state index contributed by atoms with van der Waals surface area (Å²) >= 11 is 0. The van der Waals surface area contributed by atoms with Crippen molar-refractivity contribution in [2.45, 2.75) is 6.42 Å². The molecule has 0 bridgehead atoms. The van der Waals surface area contributed by atoms with Crippen molar-refractivity contribution in [3.05, 3.63) is 59.7 Å². The van der Waals surface area contributed by atoms with Gasteiger partial charge in [0.25, 0.3) is 5.91 Å². The Hall–Kier alpha value is -2.64. The number of rotatable bonds is 5. The van der Waals surface area contributed by atoms with Crippen LogP contribution in [0, 0.1) is 11.3 Å². The molecule has 0 saturated carbocycles. The number of benzene rings is 2. The molecule has 0 aliphatic rings. The fourth-order valence-corrected chi connectivity index (χ4v) is 2.11. The van der Waals surface area contributed by atoms with Crippen LogP contribution in [-0.2, 0) is 0 Å². The Morgan fingerprint density at radius 3 is 2.48 bits per heavy atom. The molecule has 0 unspecified atom stereocenters. The number of hydrogen-bond acceptors (Lipinski definition) is 3. The Bertz CT molecular complexity index is 674. The Morgan fingerprint density at radius 2 is 1.76 bits per heavy atom. The first-order chi connectivity index (χ1) is 10.3. The summed E-state index contributed by atoms with van der Waals surface area (Å²) in [4.78, 5) is 12.2. The standard InChI is InChI=1S/C17H16N2O2/c18-12-13-6-1-2-7-14(13)15-8-3-4-9-16(15)17(21)19-10-5-11-20/h1-4,6-9,20H,5,10-11H2,(H,19,21). The van der Waals surface area contributed by atoms with E-state index in [9.17, 15) is 10.1 Å². The lowest BCUT2D eigenvalue weighted by atomic mass is 9.95. The smallest absolute Gasteiger partial charge is 0.251 e. The number of aliphatic hydroxyl groups is 1. The topological polar surface area (TPSA) is 73.1 Å². The van der Waals surface area contributed by atoms with Crippen molar-refractivity contribution in [1.29, 1.82) is 5.26 Å². The molecule has 4 heteroatoms. The number of nitriles is 1. The molecule has 2 aromatic rings. The first-order valence-corrected chi connectivity index (χ1v) is 6.75. The molecule has 0 aliphatic heterocycles. The van der Waals surface area contributed by atoms with E-state index in [1.165, 1.54) is 0 Å². The number of nitrogens with one attached hydrogen (secondary N) is 1. The van der Waals surface area contributed by atoms with Crippen LogP contribution in [0.1, 0.15) is 22.3 Å². The molecule has 0 atom stereocenters. The van der Waals surface area contributed by atoms with E-state index in [4.69, 9.17) is 5.11 Å². The van der Waals surface area contributed by atoms with Crippen molar-refractivity contribution >= 4 is 5.91 Å². The first kappa shape index (κ1) is 14.8. The van der Waals surface area contributed by atoms with Crippen LogP contribution >= 0.6 is 0 Å². The third-order valence-electron chi connectivity index (χ3n) is 3.13. The van der Waals surface area contributed by atoms with Crippen LogP contribution in [0.2, 0.25) is 0 Å². The van der Waals surface area contributed by atoms with E-state index in [0.717, 1.165) is 11.1 Å². The fourth-order valence-electron chi connectivity index (χ4n) is 2.11. The third-order valence-corrected chi connectivity index (χ3v) is 3.13. The zero-order valence-electron chi connectivity index (χ0n) is 11.5. The van der Waals surface area contributed by atoms with Gasteiger partial charge in [0.15, 0.2) is 0 Å². The highest BCUT2D eigenvalue weighted by molar-refractivity contribution is 6.01. The van der Waals surface area contributed by atoms with Crippen molar-refractivity contribution in [2.75, 3.05) is 13.2 Å². The van der Waals surface area contributed by atoms with Gasteiger partial charge in [0.05, 0.1) is 11.6 Å². The Labute approximate surface area is 123 Å². The fraction of sp³-hybridized carbons (Fsp3) is 0.176. The van der Waals surface area contributed by atoms with Crippen molar-refractivity contribution in [3.8, 4) is 17.2 Å². The highest BCUT2D eigenvalue weighted by atomic mass is 16.3. The second kappa shape index (κ2) is 7.22. The summed E-state index contributed by atoms with van der Waals surface area (Å²) in [5, 5.41) is 20.7. The van der Waals surface area contributed by atoms with Gasteiger partial charge in [-0.3, -0.25) is 4.79 Å². The predicted octanol–water partition coefficient (Wildman–Crippen LogP) is 2.34. The number of amides is 1. The molecule has 0 saturated heterocycles. The van der Waals surface area contributed by atoms with Gasteiger partial charge in [0.2, 0.25) is 0 Å². The molecule has 0 spiro atoms. The molecule has 1 amide bonds. The molecule has 2 N–H and O–H groups in total. The molecular weight excluding hydrogens is 264 g/mol. The lowest BCUT2D eigenvalue weighted by molar-refractivity contribution is 0.0952. The van der Waals surface area contributed by atoms with Crippen molar-refractivity contribution < 1.29 is 9.90 Å². The monoisotopic (exact) mass is 280 g/mol. The Kier molecular flexibility index (Phi) is 5.08. The highest BCUT2D eigenvalue weighted by Crippen LogP contribution is 2.26. The predicted molar refractivity (Wildman–Crippen MR) is 80.6 cm³/mol. The van der Waals surface area contributed by atoms with Gasteiger partial charge in [0, 0.05) is 24.3 Å². The molecule has 2 rings (SSSR count). The van der Waals surface area contributed by atoms with Gasteiger partial charge in [-0.15, -0.1) is 0 Å². The summed E-state index contributed by atoms with van der Waals surface area (Å²) in [7, 11) is 0. The van der Waals surface area contributed by atoms with Crippen LogP contribution in [0.25, 0.3) is 11.1 Å². The minimum atomic E-state index is -0.202. The van der Waals surface area contributed by atoms with Crippen LogP contribution < -0.4 is 5.32 Å². The summed E-state index contributed by atoms with van der Waals surface area (Å²) in [6.07, 6.45) is 0.517. The lowest BCUT2D eigenvalue weighted by Gasteiger charge is -2.11. The van der Waals surface area contributed by atoms with Gasteiger partial charge in [-0.1, -0.05) is 36.4 Å².